The monoisotopic (exact) mass is 422 g/mol. The zero-order valence-corrected chi connectivity index (χ0v) is 18.8. The van der Waals surface area contributed by atoms with Crippen molar-refractivity contribution >= 4 is 7.82 Å². The van der Waals surface area contributed by atoms with Gasteiger partial charge < -0.3 is 18.3 Å². The van der Waals surface area contributed by atoms with E-state index in [4.69, 9.17) is 18.3 Å². The highest BCUT2D eigenvalue weighted by atomic mass is 31.2. The Hall–Kier alpha value is -1.61. The number of rotatable bonds is 15. The molecule has 3 aliphatic rings. The summed E-state index contributed by atoms with van der Waals surface area (Å²) in [7, 11) is -3.37. The first-order chi connectivity index (χ1) is 14.1. The van der Waals surface area contributed by atoms with Crippen LogP contribution in [0.5, 0.6) is 0 Å². The van der Waals surface area contributed by atoms with E-state index in [0.717, 1.165) is 37.7 Å². The molecule has 0 aromatic heterocycles. The summed E-state index contributed by atoms with van der Waals surface area (Å²) in [5, 5.41) is 0. The van der Waals surface area contributed by atoms with E-state index in [9.17, 15) is 4.57 Å². The average Bonchev–Trinajstić information content (AvgIpc) is 3.19. The van der Waals surface area contributed by atoms with Crippen molar-refractivity contribution in [3.63, 3.8) is 0 Å². The summed E-state index contributed by atoms with van der Waals surface area (Å²) >= 11 is 0. The van der Waals surface area contributed by atoms with Crippen molar-refractivity contribution in [3.8, 4) is 0 Å². The van der Waals surface area contributed by atoms with Crippen molar-refractivity contribution in [2.24, 2.45) is 0 Å². The van der Waals surface area contributed by atoms with Crippen LogP contribution in [0.3, 0.4) is 0 Å². The lowest BCUT2D eigenvalue weighted by molar-refractivity contribution is 0.0408. The van der Waals surface area contributed by atoms with Gasteiger partial charge in [0.2, 0.25) is 0 Å². The number of hydrogen-bond donors (Lipinski definition) is 0. The van der Waals surface area contributed by atoms with Crippen molar-refractivity contribution in [1.29, 1.82) is 0 Å². The summed E-state index contributed by atoms with van der Waals surface area (Å²) in [6.45, 7) is 4.44. The van der Waals surface area contributed by atoms with Gasteiger partial charge in [0.1, 0.15) is 6.10 Å². The highest BCUT2D eigenvalue weighted by molar-refractivity contribution is 7.50. The van der Waals surface area contributed by atoms with Crippen molar-refractivity contribution in [1.82, 2.24) is 0 Å². The van der Waals surface area contributed by atoms with Gasteiger partial charge in [-0.15, -0.1) is 0 Å². The lowest BCUT2D eigenvalue weighted by Gasteiger charge is -2.18. The maximum absolute atomic E-state index is 11.7. The topological polar surface area (TPSA) is 54.0 Å². The minimum Gasteiger partial charge on any atom is -0.452 e. The SMILES string of the molecule is CCCCCCCCCc1ccc(C(CCCCC)OC2=C3OP(=O)(O2)O3)cc1. The highest BCUT2D eigenvalue weighted by Gasteiger charge is 2.58. The Labute approximate surface area is 175 Å². The molecule has 0 N–H and O–H groups in total. The molecule has 1 unspecified atom stereocenters. The molecule has 6 heteroatoms. The molecule has 29 heavy (non-hydrogen) atoms. The van der Waals surface area contributed by atoms with Crippen LogP contribution in [-0.4, -0.2) is 0 Å². The predicted molar refractivity (Wildman–Crippen MR) is 114 cm³/mol. The largest absolute Gasteiger partial charge is 0.654 e. The molecule has 0 spiro atoms. The van der Waals surface area contributed by atoms with Gasteiger partial charge in [0.25, 0.3) is 0 Å². The maximum atomic E-state index is 11.7. The van der Waals surface area contributed by atoms with E-state index in [-0.39, 0.29) is 18.0 Å². The van der Waals surface area contributed by atoms with Gasteiger partial charge in [0.15, 0.2) is 0 Å². The number of aryl methyl sites for hydroxylation is 1. The van der Waals surface area contributed by atoms with E-state index in [1.54, 1.807) is 0 Å². The summed E-state index contributed by atoms with van der Waals surface area (Å²) in [5.74, 6) is 0.242. The quantitative estimate of drug-likeness (QED) is 0.212. The van der Waals surface area contributed by atoms with Crippen molar-refractivity contribution in [2.45, 2.75) is 97.0 Å². The second-order valence-corrected chi connectivity index (χ2v) is 9.45. The Morgan fingerprint density at radius 3 is 2.07 bits per heavy atom. The molecular formula is C23H35O5P. The number of ether oxygens (including phenoxy) is 1. The maximum Gasteiger partial charge on any atom is 0.654 e. The third-order valence-electron chi connectivity index (χ3n) is 5.49. The van der Waals surface area contributed by atoms with Gasteiger partial charge in [-0.2, -0.15) is 4.57 Å². The van der Waals surface area contributed by atoms with Crippen LogP contribution in [0.1, 0.15) is 102 Å². The van der Waals surface area contributed by atoms with Crippen LogP contribution in [-0.2, 0) is 29.3 Å². The predicted octanol–water partition coefficient (Wildman–Crippen LogP) is 7.93. The standard InChI is InChI=1S/C23H35O5P/c1-3-5-7-8-9-10-12-13-19-15-17-20(18-16-19)21(14-11-6-4-2)25-22-23-27-29(24,26-22)28-23/h15-18,21H,3-14H2,1-2H3. The summed E-state index contributed by atoms with van der Waals surface area (Å²) in [5.41, 5.74) is 2.47. The van der Waals surface area contributed by atoms with Crippen molar-refractivity contribution < 1.29 is 22.9 Å². The number of phosphoric ester groups is 1. The van der Waals surface area contributed by atoms with Crippen LogP contribution in [0, 0.1) is 0 Å². The minimum absolute atomic E-state index is 0.115. The van der Waals surface area contributed by atoms with Gasteiger partial charge >= 0.3 is 19.7 Å². The molecular weight excluding hydrogens is 387 g/mol. The first kappa shape index (κ1) is 22.1. The zero-order chi connectivity index (χ0) is 20.5. The number of phosphoric acid groups is 1. The molecule has 1 fully saturated rings. The molecule has 3 aliphatic heterocycles. The Morgan fingerprint density at radius 2 is 1.45 bits per heavy atom. The summed E-state index contributed by atoms with van der Waals surface area (Å²) in [4.78, 5) is 0. The number of fused-ring (bicyclic) bond motifs is 1. The number of benzene rings is 1. The molecule has 0 aliphatic carbocycles. The van der Waals surface area contributed by atoms with Crippen LogP contribution < -0.4 is 0 Å². The van der Waals surface area contributed by atoms with Gasteiger partial charge in [-0.05, 0) is 36.8 Å². The van der Waals surface area contributed by atoms with Crippen molar-refractivity contribution in [3.05, 3.63) is 47.3 Å². The Bertz CT molecular complexity index is 700. The number of unbranched alkanes of at least 4 members (excludes halogenated alkanes) is 8. The fraction of sp³-hybridized carbons (Fsp3) is 0.652. The van der Waals surface area contributed by atoms with E-state index in [1.165, 1.54) is 50.5 Å². The van der Waals surface area contributed by atoms with Gasteiger partial charge in [-0.1, -0.05) is 89.5 Å². The molecule has 0 saturated carbocycles. The van der Waals surface area contributed by atoms with Crippen LogP contribution >= 0.6 is 7.82 Å². The van der Waals surface area contributed by atoms with Gasteiger partial charge in [-0.3, -0.25) is 0 Å². The van der Waals surface area contributed by atoms with Crippen LogP contribution in [0.2, 0.25) is 0 Å². The van der Waals surface area contributed by atoms with Crippen molar-refractivity contribution in [2.75, 3.05) is 0 Å². The van der Waals surface area contributed by atoms with Gasteiger partial charge in [-0.25, -0.2) is 0 Å². The van der Waals surface area contributed by atoms with E-state index >= 15 is 0 Å². The molecule has 1 atom stereocenters. The Balaban J connectivity index is 1.48. The first-order valence-corrected chi connectivity index (χ1v) is 12.8. The zero-order valence-electron chi connectivity index (χ0n) is 17.9. The molecule has 0 radical (unpaired) electrons. The van der Waals surface area contributed by atoms with Crippen LogP contribution in [0.4, 0.5) is 0 Å². The van der Waals surface area contributed by atoms with E-state index in [0.29, 0.717) is 0 Å². The minimum atomic E-state index is -3.37. The summed E-state index contributed by atoms with van der Waals surface area (Å²) in [6, 6.07) is 8.68. The summed E-state index contributed by atoms with van der Waals surface area (Å²) < 4.78 is 32.8. The third-order valence-corrected chi connectivity index (χ3v) is 6.66. The molecule has 1 aromatic carbocycles. The molecule has 162 valence electrons. The third kappa shape index (κ3) is 6.44. The molecule has 4 rings (SSSR count). The second kappa shape index (κ2) is 11.0. The van der Waals surface area contributed by atoms with E-state index < -0.39 is 7.82 Å². The molecule has 0 amide bonds. The lowest BCUT2D eigenvalue weighted by Crippen LogP contribution is -2.06. The fourth-order valence-corrected chi connectivity index (χ4v) is 4.68. The molecule has 5 nitrogen and oxygen atoms in total. The van der Waals surface area contributed by atoms with Gasteiger partial charge in [0.05, 0.1) is 0 Å². The van der Waals surface area contributed by atoms with Crippen LogP contribution in [0.15, 0.2) is 36.2 Å². The molecule has 2 bridgehead atoms. The fourth-order valence-electron chi connectivity index (χ4n) is 3.72. The number of hydrogen-bond acceptors (Lipinski definition) is 5. The molecule has 1 saturated heterocycles. The van der Waals surface area contributed by atoms with Gasteiger partial charge in [0, 0.05) is 0 Å². The Morgan fingerprint density at radius 1 is 0.828 bits per heavy atom. The lowest BCUT2D eigenvalue weighted by atomic mass is 9.99. The second-order valence-electron chi connectivity index (χ2n) is 8.01. The normalized spacial score (nSPS) is 17.2. The molecule has 3 heterocycles. The smallest absolute Gasteiger partial charge is 0.452 e. The van der Waals surface area contributed by atoms with E-state index in [2.05, 4.69) is 38.1 Å². The average molecular weight is 423 g/mol. The molecule has 1 aromatic rings. The summed E-state index contributed by atoms with van der Waals surface area (Å²) in [6.07, 6.45) is 14.5. The Kier molecular flexibility index (Phi) is 8.35. The van der Waals surface area contributed by atoms with Crippen LogP contribution in [0.25, 0.3) is 0 Å². The first-order valence-electron chi connectivity index (χ1n) is 11.3. The van der Waals surface area contributed by atoms with E-state index in [1.807, 2.05) is 0 Å². The highest BCUT2D eigenvalue weighted by Crippen LogP contribution is 2.70.